The van der Waals surface area contributed by atoms with Crippen LogP contribution in [0.4, 0.5) is 0 Å². The molecule has 1 saturated carbocycles. The second-order valence-corrected chi connectivity index (χ2v) is 6.11. The molecule has 2 aromatic rings. The van der Waals surface area contributed by atoms with Crippen molar-refractivity contribution in [3.8, 4) is 0 Å². The lowest BCUT2D eigenvalue weighted by atomic mass is 9.69. The Kier molecular flexibility index (Phi) is 4.35. The number of ether oxygens (including phenoxy) is 1. The number of rotatable bonds is 5. The molecule has 118 valence electrons. The molecule has 1 amide bonds. The van der Waals surface area contributed by atoms with E-state index in [1.807, 2.05) is 30.3 Å². The van der Waals surface area contributed by atoms with Gasteiger partial charge < -0.3 is 10.1 Å². The van der Waals surface area contributed by atoms with E-state index in [4.69, 9.17) is 16.3 Å². The highest BCUT2D eigenvalue weighted by Crippen LogP contribution is 2.43. The summed E-state index contributed by atoms with van der Waals surface area (Å²) in [7, 11) is 0. The van der Waals surface area contributed by atoms with Gasteiger partial charge in [0.1, 0.15) is 6.10 Å². The molecule has 0 unspecified atom stereocenters. The highest BCUT2D eigenvalue weighted by molar-refractivity contribution is 6.30. The number of halogens is 1. The standard InChI is InChI=1S/C18H16ClNO3/c19-15-8-6-14(7-9-15)18(10-16(11-18)23-12-21)20-17(22)13-4-2-1-3-5-13/h1-9,12,16H,10-11H2,(H,20,22). The van der Waals surface area contributed by atoms with E-state index in [0.717, 1.165) is 5.56 Å². The van der Waals surface area contributed by atoms with Crippen molar-refractivity contribution in [2.75, 3.05) is 0 Å². The molecule has 1 fully saturated rings. The van der Waals surface area contributed by atoms with Crippen LogP contribution in [0.2, 0.25) is 5.02 Å². The van der Waals surface area contributed by atoms with Gasteiger partial charge >= 0.3 is 0 Å². The molecule has 4 nitrogen and oxygen atoms in total. The molecular weight excluding hydrogens is 314 g/mol. The minimum Gasteiger partial charge on any atom is -0.464 e. The van der Waals surface area contributed by atoms with Crippen LogP contribution in [-0.4, -0.2) is 18.5 Å². The topological polar surface area (TPSA) is 55.4 Å². The van der Waals surface area contributed by atoms with Crippen molar-refractivity contribution in [3.05, 3.63) is 70.7 Å². The maximum Gasteiger partial charge on any atom is 0.293 e. The van der Waals surface area contributed by atoms with Gasteiger partial charge in [0.25, 0.3) is 12.4 Å². The first-order chi connectivity index (χ1) is 11.1. The summed E-state index contributed by atoms with van der Waals surface area (Å²) in [6.45, 7) is 0.454. The summed E-state index contributed by atoms with van der Waals surface area (Å²) in [5.41, 5.74) is 1.02. The quantitative estimate of drug-likeness (QED) is 0.856. The molecule has 1 aliphatic carbocycles. The molecule has 2 aromatic carbocycles. The Bertz CT molecular complexity index is 694. The van der Waals surface area contributed by atoms with E-state index in [0.29, 0.717) is 29.9 Å². The fourth-order valence-electron chi connectivity index (χ4n) is 2.95. The van der Waals surface area contributed by atoms with Gasteiger partial charge in [-0.05, 0) is 29.8 Å². The van der Waals surface area contributed by atoms with Crippen molar-refractivity contribution in [1.29, 1.82) is 0 Å². The third-order valence-corrected chi connectivity index (χ3v) is 4.44. The Balaban J connectivity index is 1.83. The molecule has 0 atom stereocenters. The second kappa shape index (κ2) is 6.42. The predicted molar refractivity (Wildman–Crippen MR) is 87.2 cm³/mol. The zero-order valence-corrected chi connectivity index (χ0v) is 13.1. The molecule has 5 heteroatoms. The van der Waals surface area contributed by atoms with Gasteiger partial charge in [0.05, 0.1) is 5.54 Å². The van der Waals surface area contributed by atoms with Gasteiger partial charge in [-0.2, -0.15) is 0 Å². The summed E-state index contributed by atoms with van der Waals surface area (Å²) in [6.07, 6.45) is 0.914. The highest BCUT2D eigenvalue weighted by Gasteiger charge is 2.48. The van der Waals surface area contributed by atoms with Gasteiger partial charge in [0.15, 0.2) is 0 Å². The smallest absolute Gasteiger partial charge is 0.293 e. The number of nitrogens with one attached hydrogen (secondary N) is 1. The zero-order chi connectivity index (χ0) is 16.3. The van der Waals surface area contributed by atoms with Gasteiger partial charge in [-0.3, -0.25) is 9.59 Å². The number of carbonyl (C=O) groups excluding carboxylic acids is 2. The summed E-state index contributed by atoms with van der Waals surface area (Å²) >= 11 is 5.94. The third kappa shape index (κ3) is 3.22. The van der Waals surface area contributed by atoms with E-state index in [2.05, 4.69) is 5.32 Å². The van der Waals surface area contributed by atoms with Crippen LogP contribution in [0.5, 0.6) is 0 Å². The monoisotopic (exact) mass is 329 g/mol. The Morgan fingerprint density at radius 3 is 2.39 bits per heavy atom. The highest BCUT2D eigenvalue weighted by atomic mass is 35.5. The Labute approximate surface area is 139 Å². The van der Waals surface area contributed by atoms with Gasteiger partial charge in [-0.25, -0.2) is 0 Å². The SMILES string of the molecule is O=COC1CC(NC(=O)c2ccccc2)(c2ccc(Cl)cc2)C1. The molecule has 0 bridgehead atoms. The van der Waals surface area contributed by atoms with Crippen LogP contribution in [0.1, 0.15) is 28.8 Å². The lowest BCUT2D eigenvalue weighted by Gasteiger charge is -2.47. The maximum atomic E-state index is 12.5. The van der Waals surface area contributed by atoms with Crippen molar-refractivity contribution in [3.63, 3.8) is 0 Å². The van der Waals surface area contributed by atoms with Gasteiger partial charge in [0.2, 0.25) is 0 Å². The molecule has 0 heterocycles. The molecule has 0 saturated heterocycles. The van der Waals surface area contributed by atoms with Crippen LogP contribution >= 0.6 is 11.6 Å². The largest absolute Gasteiger partial charge is 0.464 e. The molecule has 0 aromatic heterocycles. The summed E-state index contributed by atoms with van der Waals surface area (Å²) in [6, 6.07) is 16.4. The lowest BCUT2D eigenvalue weighted by Crippen LogP contribution is -2.57. The Morgan fingerprint density at radius 1 is 1.13 bits per heavy atom. The van der Waals surface area contributed by atoms with Crippen molar-refractivity contribution in [2.45, 2.75) is 24.5 Å². The van der Waals surface area contributed by atoms with Crippen LogP contribution in [0.3, 0.4) is 0 Å². The second-order valence-electron chi connectivity index (χ2n) is 5.67. The lowest BCUT2D eigenvalue weighted by molar-refractivity contribution is -0.142. The fourth-order valence-corrected chi connectivity index (χ4v) is 3.08. The van der Waals surface area contributed by atoms with E-state index in [9.17, 15) is 9.59 Å². The molecule has 23 heavy (non-hydrogen) atoms. The van der Waals surface area contributed by atoms with Crippen molar-refractivity contribution < 1.29 is 14.3 Å². The third-order valence-electron chi connectivity index (χ3n) is 4.19. The number of hydrogen-bond donors (Lipinski definition) is 1. The molecular formula is C18H16ClNO3. The van der Waals surface area contributed by atoms with Crippen molar-refractivity contribution in [1.82, 2.24) is 5.32 Å². The first kappa shape index (κ1) is 15.6. The zero-order valence-electron chi connectivity index (χ0n) is 12.4. The van der Waals surface area contributed by atoms with Gasteiger partial charge in [-0.1, -0.05) is 41.9 Å². The van der Waals surface area contributed by atoms with Gasteiger partial charge in [-0.15, -0.1) is 0 Å². The van der Waals surface area contributed by atoms with Crippen molar-refractivity contribution >= 4 is 24.0 Å². The molecule has 3 rings (SSSR count). The maximum absolute atomic E-state index is 12.5. The number of carbonyl (C=O) groups is 2. The van der Waals surface area contributed by atoms with E-state index < -0.39 is 5.54 Å². The van der Waals surface area contributed by atoms with Crippen LogP contribution in [-0.2, 0) is 15.1 Å². The minimum absolute atomic E-state index is 0.148. The van der Waals surface area contributed by atoms with Crippen LogP contribution in [0.15, 0.2) is 54.6 Å². The number of benzene rings is 2. The van der Waals surface area contributed by atoms with Crippen LogP contribution in [0.25, 0.3) is 0 Å². The average molecular weight is 330 g/mol. The predicted octanol–water partition coefficient (Wildman–Crippen LogP) is 3.30. The molecule has 0 radical (unpaired) electrons. The summed E-state index contributed by atoms with van der Waals surface area (Å²) in [4.78, 5) is 23.0. The number of amides is 1. The molecule has 1 N–H and O–H groups in total. The fraction of sp³-hybridized carbons (Fsp3) is 0.222. The van der Waals surface area contributed by atoms with Gasteiger partial charge in [0, 0.05) is 23.4 Å². The summed E-state index contributed by atoms with van der Waals surface area (Å²) < 4.78 is 5.01. The number of hydrogen-bond acceptors (Lipinski definition) is 3. The summed E-state index contributed by atoms with van der Waals surface area (Å²) in [5.74, 6) is -0.148. The van der Waals surface area contributed by atoms with E-state index in [1.165, 1.54) is 0 Å². The molecule has 0 aliphatic heterocycles. The average Bonchev–Trinajstić information content (AvgIpc) is 2.54. The normalized spacial score (nSPS) is 22.7. The first-order valence-electron chi connectivity index (χ1n) is 7.36. The Morgan fingerprint density at radius 2 is 1.78 bits per heavy atom. The first-order valence-corrected chi connectivity index (χ1v) is 7.73. The summed E-state index contributed by atoms with van der Waals surface area (Å²) in [5, 5.41) is 3.73. The Hall–Kier alpha value is -2.33. The van der Waals surface area contributed by atoms with Crippen molar-refractivity contribution in [2.24, 2.45) is 0 Å². The molecule has 0 spiro atoms. The molecule has 1 aliphatic rings. The van der Waals surface area contributed by atoms with Crippen LogP contribution < -0.4 is 5.32 Å². The van der Waals surface area contributed by atoms with Crippen LogP contribution in [0, 0.1) is 0 Å². The van der Waals surface area contributed by atoms with E-state index in [1.54, 1.807) is 24.3 Å². The minimum atomic E-state index is -0.537. The van der Waals surface area contributed by atoms with E-state index in [-0.39, 0.29) is 12.0 Å². The van der Waals surface area contributed by atoms with E-state index >= 15 is 0 Å².